The molecule has 0 saturated heterocycles. The monoisotopic (exact) mass is 347 g/mol. The van der Waals surface area contributed by atoms with Crippen molar-refractivity contribution in [3.05, 3.63) is 77.9 Å². The van der Waals surface area contributed by atoms with Crippen LogP contribution >= 0.6 is 0 Å². The lowest BCUT2D eigenvalue weighted by Gasteiger charge is -2.15. The number of fused-ring (bicyclic) bond motifs is 1. The Hall–Kier alpha value is -2.32. The van der Waals surface area contributed by atoms with Gasteiger partial charge in [0, 0.05) is 12.1 Å². The van der Waals surface area contributed by atoms with Crippen LogP contribution in [0.3, 0.4) is 0 Å². The van der Waals surface area contributed by atoms with Gasteiger partial charge in [-0.3, -0.25) is 0 Å². The Labute approximate surface area is 157 Å². The van der Waals surface area contributed by atoms with Gasteiger partial charge in [-0.25, -0.2) is 0 Å². The molecule has 2 nitrogen and oxygen atoms in total. The van der Waals surface area contributed by atoms with Crippen LogP contribution in [0.2, 0.25) is 0 Å². The lowest BCUT2D eigenvalue weighted by Crippen LogP contribution is -2.16. The molecule has 0 fully saturated rings. The van der Waals surface area contributed by atoms with Crippen molar-refractivity contribution in [2.45, 2.75) is 39.2 Å². The quantitative estimate of drug-likeness (QED) is 0.472. The van der Waals surface area contributed by atoms with Crippen molar-refractivity contribution in [3.63, 3.8) is 0 Å². The normalized spacial score (nSPS) is 11.0. The van der Waals surface area contributed by atoms with Gasteiger partial charge in [-0.15, -0.1) is 0 Å². The number of benzene rings is 3. The van der Waals surface area contributed by atoms with Gasteiger partial charge in [0.2, 0.25) is 0 Å². The fourth-order valence-corrected chi connectivity index (χ4v) is 3.24. The van der Waals surface area contributed by atoms with Gasteiger partial charge in [-0.05, 0) is 48.2 Å². The molecule has 3 rings (SSSR count). The summed E-state index contributed by atoms with van der Waals surface area (Å²) in [5.41, 5.74) is 2.68. The van der Waals surface area contributed by atoms with Crippen molar-refractivity contribution >= 4 is 10.8 Å². The van der Waals surface area contributed by atoms with Gasteiger partial charge in [-0.1, -0.05) is 74.0 Å². The maximum Gasteiger partial charge on any atom is 0.124 e. The second-order valence-corrected chi connectivity index (χ2v) is 6.73. The highest BCUT2D eigenvalue weighted by Crippen LogP contribution is 2.28. The third-order valence-corrected chi connectivity index (χ3v) is 4.72. The molecule has 26 heavy (non-hydrogen) atoms. The van der Waals surface area contributed by atoms with E-state index in [0.717, 1.165) is 51.1 Å². The van der Waals surface area contributed by atoms with Gasteiger partial charge in [0.25, 0.3) is 0 Å². The van der Waals surface area contributed by atoms with E-state index in [-0.39, 0.29) is 0 Å². The Balaban J connectivity index is 1.62. The van der Waals surface area contributed by atoms with E-state index < -0.39 is 0 Å². The van der Waals surface area contributed by atoms with E-state index in [1.807, 2.05) is 0 Å². The van der Waals surface area contributed by atoms with Crippen molar-refractivity contribution in [2.24, 2.45) is 0 Å². The molecule has 3 aromatic carbocycles. The summed E-state index contributed by atoms with van der Waals surface area (Å²) >= 11 is 0. The molecule has 0 aliphatic heterocycles. The van der Waals surface area contributed by atoms with Gasteiger partial charge in [0.1, 0.15) is 5.75 Å². The Morgan fingerprint density at radius 3 is 2.50 bits per heavy atom. The van der Waals surface area contributed by atoms with E-state index in [0.29, 0.717) is 0 Å². The predicted molar refractivity (Wildman–Crippen MR) is 111 cm³/mol. The maximum absolute atomic E-state index is 6.07. The fraction of sp³-hybridized carbons (Fsp3) is 0.333. The lowest BCUT2D eigenvalue weighted by atomic mass is 10.0. The number of hydrogen-bond donors (Lipinski definition) is 1. The molecule has 0 unspecified atom stereocenters. The number of ether oxygens (including phenoxy) is 1. The highest BCUT2D eigenvalue weighted by atomic mass is 16.5. The molecule has 0 amide bonds. The largest absolute Gasteiger partial charge is 0.493 e. The molecule has 136 valence electrons. The Kier molecular flexibility index (Phi) is 7.09. The van der Waals surface area contributed by atoms with Crippen LogP contribution in [0.5, 0.6) is 5.75 Å². The van der Waals surface area contributed by atoms with E-state index in [1.54, 1.807) is 0 Å². The van der Waals surface area contributed by atoms with Crippen LogP contribution in [-0.2, 0) is 13.0 Å². The molecule has 0 radical (unpaired) electrons. The summed E-state index contributed by atoms with van der Waals surface area (Å²) in [6.45, 7) is 4.83. The van der Waals surface area contributed by atoms with Crippen molar-refractivity contribution in [1.82, 2.24) is 5.32 Å². The highest BCUT2D eigenvalue weighted by Gasteiger charge is 2.08. The van der Waals surface area contributed by atoms with E-state index >= 15 is 0 Å². The van der Waals surface area contributed by atoms with Crippen LogP contribution < -0.4 is 10.1 Å². The number of rotatable bonds is 10. The van der Waals surface area contributed by atoms with Gasteiger partial charge >= 0.3 is 0 Å². The minimum Gasteiger partial charge on any atom is -0.493 e. The molecule has 1 N–H and O–H groups in total. The zero-order valence-corrected chi connectivity index (χ0v) is 15.7. The molecular weight excluding hydrogens is 318 g/mol. The predicted octanol–water partition coefficient (Wildman–Crippen LogP) is 5.74. The van der Waals surface area contributed by atoms with Crippen LogP contribution in [0, 0.1) is 0 Å². The molecular formula is C24H29NO. The van der Waals surface area contributed by atoms with Crippen molar-refractivity contribution in [1.29, 1.82) is 0 Å². The first-order valence-electron chi connectivity index (χ1n) is 9.76. The van der Waals surface area contributed by atoms with Crippen LogP contribution in [0.1, 0.15) is 37.3 Å². The summed E-state index contributed by atoms with van der Waals surface area (Å²) in [4.78, 5) is 0. The minimum atomic E-state index is 0.788. The fourth-order valence-electron chi connectivity index (χ4n) is 3.24. The molecule has 0 aliphatic carbocycles. The highest BCUT2D eigenvalue weighted by molar-refractivity contribution is 5.87. The minimum absolute atomic E-state index is 0.788. The molecule has 0 aromatic heterocycles. The SMILES string of the molecule is CCCCOc1ccc2ccccc2c1CNCCCc1ccccc1. The molecule has 0 saturated carbocycles. The Bertz CT molecular complexity index is 798. The second-order valence-electron chi connectivity index (χ2n) is 6.73. The molecule has 3 aromatic rings. The lowest BCUT2D eigenvalue weighted by molar-refractivity contribution is 0.306. The third-order valence-electron chi connectivity index (χ3n) is 4.72. The number of nitrogens with one attached hydrogen (secondary N) is 1. The van der Waals surface area contributed by atoms with Crippen LogP contribution in [0.15, 0.2) is 66.7 Å². The first kappa shape index (κ1) is 18.5. The molecule has 0 heterocycles. The molecule has 0 spiro atoms. The van der Waals surface area contributed by atoms with E-state index in [2.05, 4.69) is 79.0 Å². The number of unbranched alkanes of at least 4 members (excludes halogenated alkanes) is 1. The molecule has 2 heteroatoms. The number of aryl methyl sites for hydroxylation is 1. The number of hydrogen-bond acceptors (Lipinski definition) is 2. The van der Waals surface area contributed by atoms with Gasteiger partial charge in [0.15, 0.2) is 0 Å². The molecule has 0 atom stereocenters. The standard InChI is InChI=1S/C24H29NO/c1-2-3-18-26-24-16-15-21-13-7-8-14-22(21)23(24)19-25-17-9-12-20-10-5-4-6-11-20/h4-8,10-11,13-16,25H,2-3,9,12,17-19H2,1H3. The average Bonchev–Trinajstić information content (AvgIpc) is 2.69. The first-order valence-corrected chi connectivity index (χ1v) is 9.76. The summed E-state index contributed by atoms with van der Waals surface area (Å²) in [6, 6.07) is 23.5. The summed E-state index contributed by atoms with van der Waals surface area (Å²) < 4.78 is 6.07. The zero-order chi connectivity index (χ0) is 18.0. The van der Waals surface area contributed by atoms with Crippen LogP contribution in [0.25, 0.3) is 10.8 Å². The van der Waals surface area contributed by atoms with Crippen molar-refractivity contribution < 1.29 is 4.74 Å². The summed E-state index contributed by atoms with van der Waals surface area (Å²) in [5.74, 6) is 1.02. The smallest absolute Gasteiger partial charge is 0.124 e. The molecule has 0 bridgehead atoms. The summed E-state index contributed by atoms with van der Waals surface area (Å²) in [6.07, 6.45) is 4.50. The van der Waals surface area contributed by atoms with Crippen LogP contribution in [-0.4, -0.2) is 13.2 Å². The third kappa shape index (κ3) is 5.09. The topological polar surface area (TPSA) is 21.3 Å². The van der Waals surface area contributed by atoms with Gasteiger partial charge < -0.3 is 10.1 Å². The van der Waals surface area contributed by atoms with Crippen molar-refractivity contribution in [2.75, 3.05) is 13.2 Å². The Morgan fingerprint density at radius 2 is 1.65 bits per heavy atom. The maximum atomic E-state index is 6.07. The van der Waals surface area contributed by atoms with E-state index in [9.17, 15) is 0 Å². The van der Waals surface area contributed by atoms with Crippen LogP contribution in [0.4, 0.5) is 0 Å². The van der Waals surface area contributed by atoms with Gasteiger partial charge in [0.05, 0.1) is 6.61 Å². The molecule has 0 aliphatic rings. The first-order chi connectivity index (χ1) is 12.9. The summed E-state index contributed by atoms with van der Waals surface area (Å²) in [7, 11) is 0. The van der Waals surface area contributed by atoms with Crippen molar-refractivity contribution in [3.8, 4) is 5.75 Å². The zero-order valence-electron chi connectivity index (χ0n) is 15.7. The Morgan fingerprint density at radius 1 is 0.846 bits per heavy atom. The summed E-state index contributed by atoms with van der Waals surface area (Å²) in [5, 5.41) is 6.18. The van der Waals surface area contributed by atoms with E-state index in [4.69, 9.17) is 4.74 Å². The average molecular weight is 348 g/mol. The van der Waals surface area contributed by atoms with E-state index in [1.165, 1.54) is 21.9 Å². The second kappa shape index (κ2) is 9.98. The van der Waals surface area contributed by atoms with Gasteiger partial charge in [-0.2, -0.15) is 0 Å².